The summed E-state index contributed by atoms with van der Waals surface area (Å²) in [4.78, 5) is 25.1. The fourth-order valence-electron chi connectivity index (χ4n) is 3.51. The molecule has 2 rings (SSSR count). The smallest absolute Gasteiger partial charge is 0.410 e. The van der Waals surface area contributed by atoms with Crippen LogP contribution in [-0.4, -0.2) is 40.8 Å². The van der Waals surface area contributed by atoms with E-state index in [1.807, 2.05) is 4.90 Å². The molecule has 1 heterocycles. The van der Waals surface area contributed by atoms with Crippen LogP contribution in [0.1, 0.15) is 44.9 Å². The Labute approximate surface area is 119 Å². The monoisotopic (exact) mass is 281 g/mol. The van der Waals surface area contributed by atoms with Gasteiger partial charge < -0.3 is 14.7 Å². The summed E-state index contributed by atoms with van der Waals surface area (Å²) >= 11 is 0. The summed E-state index contributed by atoms with van der Waals surface area (Å²) in [6.07, 6.45) is 7.19. The molecule has 1 saturated heterocycles. The zero-order valence-electron chi connectivity index (χ0n) is 11.8. The van der Waals surface area contributed by atoms with E-state index in [0.29, 0.717) is 19.4 Å². The highest BCUT2D eigenvalue weighted by atomic mass is 16.6. The average molecular weight is 281 g/mol. The van der Waals surface area contributed by atoms with Crippen LogP contribution < -0.4 is 0 Å². The van der Waals surface area contributed by atoms with Gasteiger partial charge in [-0.05, 0) is 44.9 Å². The summed E-state index contributed by atoms with van der Waals surface area (Å²) < 4.78 is 5.19. The highest BCUT2D eigenvalue weighted by Crippen LogP contribution is 2.42. The number of carboxylic acids is 1. The number of rotatable bonds is 3. The molecule has 5 nitrogen and oxygen atoms in total. The molecule has 2 fully saturated rings. The highest BCUT2D eigenvalue weighted by Gasteiger charge is 2.45. The number of hydrogen-bond donors (Lipinski definition) is 1. The van der Waals surface area contributed by atoms with Gasteiger partial charge in [-0.2, -0.15) is 0 Å². The predicted octanol–water partition coefficient (Wildman–Crippen LogP) is 2.81. The number of aliphatic carboxylic acids is 1. The molecule has 0 aromatic rings. The molecular formula is C15H23NO4. The lowest BCUT2D eigenvalue weighted by Crippen LogP contribution is -2.56. The van der Waals surface area contributed by atoms with E-state index in [-0.39, 0.29) is 24.2 Å². The first kappa shape index (κ1) is 14.9. The molecule has 0 radical (unpaired) electrons. The van der Waals surface area contributed by atoms with Gasteiger partial charge in [0.25, 0.3) is 0 Å². The number of hydrogen-bond acceptors (Lipinski definition) is 3. The van der Waals surface area contributed by atoms with Crippen molar-refractivity contribution in [3.05, 3.63) is 12.7 Å². The van der Waals surface area contributed by atoms with Gasteiger partial charge in [-0.3, -0.25) is 4.79 Å². The molecule has 1 spiro atoms. The van der Waals surface area contributed by atoms with Crippen molar-refractivity contribution >= 4 is 12.1 Å². The molecule has 0 aromatic carbocycles. The molecule has 20 heavy (non-hydrogen) atoms. The molecule has 2 aliphatic rings. The second kappa shape index (κ2) is 6.29. The second-order valence-corrected chi connectivity index (χ2v) is 5.81. The van der Waals surface area contributed by atoms with Crippen molar-refractivity contribution in [1.82, 2.24) is 4.90 Å². The molecule has 1 saturated carbocycles. The molecular weight excluding hydrogens is 258 g/mol. The first-order valence-electron chi connectivity index (χ1n) is 7.37. The maximum Gasteiger partial charge on any atom is 0.410 e. The lowest BCUT2D eigenvalue weighted by atomic mass is 9.71. The summed E-state index contributed by atoms with van der Waals surface area (Å²) in [5.41, 5.74) is -0.178. The quantitative estimate of drug-likeness (QED) is 0.808. The number of carbonyl (C=O) groups excluding carboxylic acids is 1. The minimum absolute atomic E-state index is 0.178. The van der Waals surface area contributed by atoms with Gasteiger partial charge in [-0.15, -0.1) is 0 Å². The fourth-order valence-corrected chi connectivity index (χ4v) is 3.51. The molecule has 0 aromatic heterocycles. The number of nitrogens with zero attached hydrogens (tertiary/aromatic N) is 1. The van der Waals surface area contributed by atoms with E-state index in [2.05, 4.69) is 6.58 Å². The van der Waals surface area contributed by atoms with Crippen LogP contribution in [-0.2, 0) is 9.53 Å². The van der Waals surface area contributed by atoms with Crippen molar-refractivity contribution in [2.45, 2.75) is 50.5 Å². The molecule has 5 heteroatoms. The van der Waals surface area contributed by atoms with Crippen LogP contribution in [0.15, 0.2) is 12.7 Å². The molecule has 0 atom stereocenters. The van der Waals surface area contributed by atoms with Crippen molar-refractivity contribution in [3.63, 3.8) is 0 Å². The number of piperidine rings is 1. The van der Waals surface area contributed by atoms with E-state index in [1.54, 1.807) is 6.08 Å². The average Bonchev–Trinajstić information content (AvgIpc) is 2.45. The number of carbonyl (C=O) groups is 2. The van der Waals surface area contributed by atoms with Gasteiger partial charge in [0.15, 0.2) is 0 Å². The SMILES string of the molecule is C=CCOC(=O)N1CCCCC12CCC(C(=O)O)CC2. The Morgan fingerprint density at radius 2 is 2.00 bits per heavy atom. The molecule has 0 bridgehead atoms. The molecule has 1 aliphatic carbocycles. The first-order valence-corrected chi connectivity index (χ1v) is 7.37. The third-order valence-corrected chi connectivity index (χ3v) is 4.66. The Morgan fingerprint density at radius 3 is 2.60 bits per heavy atom. The molecule has 1 aliphatic heterocycles. The summed E-state index contributed by atoms with van der Waals surface area (Å²) in [6.45, 7) is 4.49. The summed E-state index contributed by atoms with van der Waals surface area (Å²) in [6, 6.07) is 0. The zero-order valence-corrected chi connectivity index (χ0v) is 11.8. The number of carboxylic acid groups (broad SMARTS) is 1. The van der Waals surface area contributed by atoms with E-state index in [4.69, 9.17) is 9.84 Å². The van der Waals surface area contributed by atoms with Crippen LogP contribution in [0, 0.1) is 5.92 Å². The van der Waals surface area contributed by atoms with Crippen LogP contribution in [0.5, 0.6) is 0 Å². The van der Waals surface area contributed by atoms with Gasteiger partial charge in [0.2, 0.25) is 0 Å². The van der Waals surface area contributed by atoms with Gasteiger partial charge in [-0.1, -0.05) is 12.7 Å². The highest BCUT2D eigenvalue weighted by molar-refractivity contribution is 5.71. The van der Waals surface area contributed by atoms with E-state index >= 15 is 0 Å². The Bertz CT molecular complexity index is 385. The first-order chi connectivity index (χ1) is 9.59. The maximum atomic E-state index is 12.2. The molecule has 0 unspecified atom stereocenters. The van der Waals surface area contributed by atoms with Crippen molar-refractivity contribution < 1.29 is 19.4 Å². The molecule has 1 N–H and O–H groups in total. The Balaban J connectivity index is 2.05. The van der Waals surface area contributed by atoms with Crippen molar-refractivity contribution in [3.8, 4) is 0 Å². The van der Waals surface area contributed by atoms with Gasteiger partial charge in [0.05, 0.1) is 5.92 Å². The minimum Gasteiger partial charge on any atom is -0.481 e. The normalized spacial score (nSPS) is 30.0. The minimum atomic E-state index is -0.712. The van der Waals surface area contributed by atoms with Gasteiger partial charge in [0, 0.05) is 12.1 Å². The van der Waals surface area contributed by atoms with Crippen molar-refractivity contribution in [2.75, 3.05) is 13.2 Å². The van der Waals surface area contributed by atoms with Crippen LogP contribution in [0.25, 0.3) is 0 Å². The van der Waals surface area contributed by atoms with E-state index in [1.165, 1.54) is 0 Å². The van der Waals surface area contributed by atoms with E-state index in [0.717, 1.165) is 32.1 Å². The number of ether oxygens (including phenoxy) is 1. The maximum absolute atomic E-state index is 12.2. The second-order valence-electron chi connectivity index (χ2n) is 5.81. The van der Waals surface area contributed by atoms with Gasteiger partial charge in [0.1, 0.15) is 6.61 Å². The van der Waals surface area contributed by atoms with Crippen LogP contribution in [0.3, 0.4) is 0 Å². The van der Waals surface area contributed by atoms with E-state index < -0.39 is 5.97 Å². The lowest BCUT2D eigenvalue weighted by Gasteiger charge is -2.49. The zero-order chi connectivity index (χ0) is 14.6. The van der Waals surface area contributed by atoms with E-state index in [9.17, 15) is 9.59 Å². The standard InChI is InChI=1S/C15H23NO4/c1-2-11-20-14(19)16-10-4-3-7-15(16)8-5-12(6-9-15)13(17)18/h2,12H,1,3-11H2,(H,17,18). The van der Waals surface area contributed by atoms with Crippen molar-refractivity contribution in [2.24, 2.45) is 5.92 Å². The largest absolute Gasteiger partial charge is 0.481 e. The third-order valence-electron chi connectivity index (χ3n) is 4.66. The topological polar surface area (TPSA) is 66.8 Å². The molecule has 1 amide bonds. The number of likely N-dealkylation sites (tertiary alicyclic amines) is 1. The van der Waals surface area contributed by atoms with Crippen LogP contribution in [0.4, 0.5) is 4.79 Å². The predicted molar refractivity (Wildman–Crippen MR) is 74.4 cm³/mol. The Morgan fingerprint density at radius 1 is 1.30 bits per heavy atom. The Hall–Kier alpha value is -1.52. The Kier molecular flexibility index (Phi) is 4.68. The van der Waals surface area contributed by atoms with Crippen LogP contribution in [0.2, 0.25) is 0 Å². The third kappa shape index (κ3) is 2.97. The summed E-state index contributed by atoms with van der Waals surface area (Å²) in [7, 11) is 0. The van der Waals surface area contributed by atoms with Crippen LogP contribution >= 0.6 is 0 Å². The lowest BCUT2D eigenvalue weighted by molar-refractivity contribution is -0.144. The van der Waals surface area contributed by atoms with Gasteiger partial charge in [-0.25, -0.2) is 4.79 Å². The molecule has 112 valence electrons. The van der Waals surface area contributed by atoms with Crippen molar-refractivity contribution in [1.29, 1.82) is 0 Å². The number of amides is 1. The summed E-state index contributed by atoms with van der Waals surface area (Å²) in [5.74, 6) is -0.968. The summed E-state index contributed by atoms with van der Waals surface area (Å²) in [5, 5.41) is 9.10. The van der Waals surface area contributed by atoms with Gasteiger partial charge >= 0.3 is 12.1 Å². The fraction of sp³-hybridized carbons (Fsp3) is 0.733.